The Balaban J connectivity index is 1.93. The Morgan fingerprint density at radius 2 is 2.30 bits per heavy atom. The Morgan fingerprint density at radius 3 is 3.00 bits per heavy atom. The molecule has 1 saturated heterocycles. The fourth-order valence-electron chi connectivity index (χ4n) is 2.91. The van der Waals surface area contributed by atoms with Crippen LogP contribution in [0.2, 0.25) is 0 Å². The van der Waals surface area contributed by atoms with Crippen LogP contribution in [0.1, 0.15) is 38.3 Å². The van der Waals surface area contributed by atoms with Crippen LogP contribution >= 0.6 is 0 Å². The summed E-state index contributed by atoms with van der Waals surface area (Å²) in [6.07, 6.45) is 7.19. The van der Waals surface area contributed by atoms with Crippen LogP contribution in [-0.4, -0.2) is 48.9 Å². The maximum Gasteiger partial charge on any atom is 0.0880 e. The van der Waals surface area contributed by atoms with Crippen molar-refractivity contribution in [2.45, 2.75) is 45.4 Å². The number of rotatable bonds is 7. The topological polar surface area (TPSA) is 29.4 Å². The van der Waals surface area contributed by atoms with Gasteiger partial charge in [0.25, 0.3) is 0 Å². The van der Waals surface area contributed by atoms with E-state index in [4.69, 9.17) is 4.74 Å². The molecule has 4 nitrogen and oxygen atoms in total. The van der Waals surface area contributed by atoms with E-state index in [2.05, 4.69) is 54.1 Å². The highest BCUT2D eigenvalue weighted by Gasteiger charge is 2.18. The summed E-state index contributed by atoms with van der Waals surface area (Å²) in [6.45, 7) is 9.32. The quantitative estimate of drug-likeness (QED) is 0.830. The summed E-state index contributed by atoms with van der Waals surface area (Å²) in [5.41, 5.74) is 1.40. The molecule has 20 heavy (non-hydrogen) atoms. The Hall–Kier alpha value is -0.840. The summed E-state index contributed by atoms with van der Waals surface area (Å²) in [4.78, 5) is 2.34. The predicted molar refractivity (Wildman–Crippen MR) is 83.0 cm³/mol. The third-order valence-electron chi connectivity index (χ3n) is 3.96. The van der Waals surface area contributed by atoms with Gasteiger partial charge in [0.15, 0.2) is 0 Å². The first-order chi connectivity index (χ1) is 9.72. The van der Waals surface area contributed by atoms with E-state index >= 15 is 0 Å². The average Bonchev–Trinajstić information content (AvgIpc) is 2.87. The summed E-state index contributed by atoms with van der Waals surface area (Å²) in [5.74, 6) is 0. The van der Waals surface area contributed by atoms with E-state index in [1.807, 2.05) is 0 Å². The van der Waals surface area contributed by atoms with Crippen molar-refractivity contribution < 1.29 is 4.74 Å². The van der Waals surface area contributed by atoms with Crippen LogP contribution in [-0.2, 0) is 11.3 Å². The first-order valence-electron chi connectivity index (χ1n) is 7.92. The molecule has 2 unspecified atom stereocenters. The summed E-state index contributed by atoms with van der Waals surface area (Å²) in [6, 6.07) is 2.73. The Kier molecular flexibility index (Phi) is 6.07. The van der Waals surface area contributed by atoms with Crippen LogP contribution in [0.25, 0.3) is 0 Å². The number of nitrogens with one attached hydrogen (secondary N) is 1. The fourth-order valence-corrected chi connectivity index (χ4v) is 2.91. The van der Waals surface area contributed by atoms with Crippen molar-refractivity contribution in [3.8, 4) is 0 Å². The molecule has 0 amide bonds. The first-order valence-corrected chi connectivity index (χ1v) is 7.92. The average molecular weight is 279 g/mol. The van der Waals surface area contributed by atoms with Crippen molar-refractivity contribution in [1.82, 2.24) is 14.8 Å². The molecule has 1 aliphatic rings. The molecule has 2 rings (SSSR count). The molecule has 4 heteroatoms. The molecule has 2 atom stereocenters. The number of hydrogen-bond acceptors (Lipinski definition) is 3. The molecule has 1 fully saturated rings. The lowest BCUT2D eigenvalue weighted by Gasteiger charge is -2.30. The van der Waals surface area contributed by atoms with Gasteiger partial charge in [-0.1, -0.05) is 20.3 Å². The van der Waals surface area contributed by atoms with E-state index in [0.717, 1.165) is 32.8 Å². The third kappa shape index (κ3) is 4.33. The van der Waals surface area contributed by atoms with Gasteiger partial charge in [-0.25, -0.2) is 0 Å². The van der Waals surface area contributed by atoms with Crippen LogP contribution in [0.3, 0.4) is 0 Å². The molecule has 2 heterocycles. The van der Waals surface area contributed by atoms with Gasteiger partial charge in [-0.15, -0.1) is 0 Å². The third-order valence-corrected chi connectivity index (χ3v) is 3.96. The summed E-state index contributed by atoms with van der Waals surface area (Å²) in [7, 11) is 2.17. The molecule has 0 aromatic carbocycles. The number of morpholine rings is 1. The molecule has 0 saturated carbocycles. The van der Waals surface area contributed by atoms with Crippen LogP contribution in [0.15, 0.2) is 18.5 Å². The molecule has 0 bridgehead atoms. The SMILES string of the molecule is CCCC(NCC)c1ccn(CC2CN(C)CCO2)c1. The first kappa shape index (κ1) is 15.5. The zero-order valence-electron chi connectivity index (χ0n) is 13.1. The van der Waals surface area contributed by atoms with Gasteiger partial charge in [0.1, 0.15) is 0 Å². The van der Waals surface area contributed by atoms with Gasteiger partial charge in [-0.3, -0.25) is 0 Å². The highest BCUT2D eigenvalue weighted by Crippen LogP contribution is 2.19. The molecule has 1 aromatic heterocycles. The predicted octanol–water partition coefficient (Wildman–Crippen LogP) is 2.27. The van der Waals surface area contributed by atoms with Crippen molar-refractivity contribution in [3.63, 3.8) is 0 Å². The zero-order chi connectivity index (χ0) is 14.4. The molecule has 114 valence electrons. The van der Waals surface area contributed by atoms with Crippen molar-refractivity contribution in [1.29, 1.82) is 0 Å². The minimum absolute atomic E-state index is 0.317. The second-order valence-corrected chi connectivity index (χ2v) is 5.80. The highest BCUT2D eigenvalue weighted by molar-refractivity contribution is 5.15. The lowest BCUT2D eigenvalue weighted by atomic mass is 10.1. The largest absolute Gasteiger partial charge is 0.374 e. The Labute approximate surface area is 123 Å². The summed E-state index contributed by atoms with van der Waals surface area (Å²) < 4.78 is 8.12. The molecule has 1 aromatic rings. The van der Waals surface area contributed by atoms with Gasteiger partial charge in [-0.2, -0.15) is 0 Å². The van der Waals surface area contributed by atoms with Crippen LogP contribution in [0.5, 0.6) is 0 Å². The molecule has 0 aliphatic carbocycles. The van der Waals surface area contributed by atoms with Crippen molar-refractivity contribution in [3.05, 3.63) is 24.0 Å². The van der Waals surface area contributed by atoms with Crippen LogP contribution in [0.4, 0.5) is 0 Å². The van der Waals surface area contributed by atoms with Crippen LogP contribution in [0, 0.1) is 0 Å². The zero-order valence-corrected chi connectivity index (χ0v) is 13.1. The highest BCUT2D eigenvalue weighted by atomic mass is 16.5. The number of nitrogens with zero attached hydrogens (tertiary/aromatic N) is 2. The minimum Gasteiger partial charge on any atom is -0.374 e. The van der Waals surface area contributed by atoms with Crippen molar-refractivity contribution >= 4 is 0 Å². The van der Waals surface area contributed by atoms with E-state index in [0.29, 0.717) is 12.1 Å². The Bertz CT molecular complexity index is 385. The monoisotopic (exact) mass is 279 g/mol. The summed E-state index contributed by atoms with van der Waals surface area (Å²) >= 11 is 0. The Morgan fingerprint density at radius 1 is 1.45 bits per heavy atom. The smallest absolute Gasteiger partial charge is 0.0880 e. The number of hydrogen-bond donors (Lipinski definition) is 1. The van der Waals surface area contributed by atoms with Gasteiger partial charge in [0, 0.05) is 38.1 Å². The maximum absolute atomic E-state index is 5.84. The molecular formula is C16H29N3O. The van der Waals surface area contributed by atoms with E-state index < -0.39 is 0 Å². The molecule has 1 aliphatic heterocycles. The van der Waals surface area contributed by atoms with Crippen molar-refractivity contribution in [2.24, 2.45) is 0 Å². The van der Waals surface area contributed by atoms with E-state index in [1.54, 1.807) is 0 Å². The van der Waals surface area contributed by atoms with Gasteiger partial charge in [0.05, 0.1) is 12.7 Å². The number of aromatic nitrogens is 1. The second-order valence-electron chi connectivity index (χ2n) is 5.80. The van der Waals surface area contributed by atoms with Gasteiger partial charge in [0.2, 0.25) is 0 Å². The van der Waals surface area contributed by atoms with Gasteiger partial charge >= 0.3 is 0 Å². The normalized spacial score (nSPS) is 22.1. The van der Waals surface area contributed by atoms with E-state index in [1.165, 1.54) is 18.4 Å². The maximum atomic E-state index is 5.84. The van der Waals surface area contributed by atoms with Crippen molar-refractivity contribution in [2.75, 3.05) is 33.3 Å². The van der Waals surface area contributed by atoms with Crippen LogP contribution < -0.4 is 5.32 Å². The standard InChI is InChI=1S/C16H29N3O/c1-4-6-16(17-5-2)14-7-8-19(11-14)13-15-12-18(3)9-10-20-15/h7-8,11,15-17H,4-6,9-10,12-13H2,1-3H3. The lowest BCUT2D eigenvalue weighted by Crippen LogP contribution is -2.41. The second kappa shape index (κ2) is 7.81. The fraction of sp³-hybridized carbons (Fsp3) is 0.750. The molecular weight excluding hydrogens is 250 g/mol. The summed E-state index contributed by atoms with van der Waals surface area (Å²) in [5, 5.41) is 3.57. The number of ether oxygens (including phenoxy) is 1. The minimum atomic E-state index is 0.317. The number of likely N-dealkylation sites (N-methyl/N-ethyl adjacent to an activating group) is 1. The molecule has 0 spiro atoms. The molecule has 1 N–H and O–H groups in total. The molecule has 0 radical (unpaired) electrons. The van der Waals surface area contributed by atoms with Gasteiger partial charge < -0.3 is 19.5 Å². The van der Waals surface area contributed by atoms with Gasteiger partial charge in [-0.05, 0) is 31.6 Å². The van der Waals surface area contributed by atoms with E-state index in [-0.39, 0.29) is 0 Å². The van der Waals surface area contributed by atoms with E-state index in [9.17, 15) is 0 Å². The lowest BCUT2D eigenvalue weighted by molar-refractivity contribution is -0.0274.